The number of hydrogen-bond donors (Lipinski definition) is 0. The number of alkyl halides is 5. The third-order valence-electron chi connectivity index (χ3n) is 3.95. The van der Waals surface area contributed by atoms with Gasteiger partial charge in [-0.1, -0.05) is 6.92 Å². The Morgan fingerprint density at radius 3 is 2.61 bits per heavy atom. The number of halogens is 5. The zero-order valence-corrected chi connectivity index (χ0v) is 15.7. The van der Waals surface area contributed by atoms with Crippen molar-refractivity contribution < 1.29 is 31.5 Å². The summed E-state index contributed by atoms with van der Waals surface area (Å²) in [6.45, 7) is 0.376. The standard InChI is InChI=1S/C17H16F5N4OS/c1-3-28-14-5-4-6-26(27-2)15(14)12-7-11-8-24-25(13(11)9-23-12)10-16(18,19)17(20,21)22/h4-9H,3,10H2,1-2H3/q+1. The van der Waals surface area contributed by atoms with E-state index in [1.807, 2.05) is 13.0 Å². The van der Waals surface area contributed by atoms with Crippen molar-refractivity contribution in [2.75, 3.05) is 12.9 Å². The van der Waals surface area contributed by atoms with Crippen molar-refractivity contribution in [1.29, 1.82) is 0 Å². The lowest BCUT2D eigenvalue weighted by atomic mass is 10.2. The highest BCUT2D eigenvalue weighted by Crippen LogP contribution is 2.37. The lowest BCUT2D eigenvalue weighted by Gasteiger charge is -2.19. The Kier molecular flexibility index (Phi) is 5.46. The molecule has 11 heteroatoms. The SMILES string of the molecule is CCSc1ccc[n+](OC)c1-c1cc2cnn(CC(F)(F)C(F)(F)F)c2cn1. The van der Waals surface area contributed by atoms with Crippen LogP contribution in [0.1, 0.15) is 6.92 Å². The van der Waals surface area contributed by atoms with Crippen molar-refractivity contribution in [2.45, 2.75) is 30.5 Å². The van der Waals surface area contributed by atoms with Crippen LogP contribution in [-0.2, 0) is 6.54 Å². The van der Waals surface area contributed by atoms with Crippen molar-refractivity contribution in [3.05, 3.63) is 36.8 Å². The molecule has 0 N–H and O–H groups in total. The van der Waals surface area contributed by atoms with Gasteiger partial charge in [0.25, 0.3) is 5.69 Å². The van der Waals surface area contributed by atoms with E-state index in [2.05, 4.69) is 10.1 Å². The number of thioether (sulfide) groups is 1. The summed E-state index contributed by atoms with van der Waals surface area (Å²) in [5.41, 5.74) is 1.21. The number of rotatable bonds is 6. The molecular weight excluding hydrogens is 403 g/mol. The number of pyridine rings is 2. The summed E-state index contributed by atoms with van der Waals surface area (Å²) in [6.07, 6.45) is -1.50. The summed E-state index contributed by atoms with van der Waals surface area (Å²) in [6, 6.07) is 5.27. The van der Waals surface area contributed by atoms with Gasteiger partial charge in [-0.3, -0.25) is 9.52 Å². The highest BCUT2D eigenvalue weighted by atomic mass is 32.2. The molecule has 3 aromatic rings. The van der Waals surface area contributed by atoms with E-state index >= 15 is 0 Å². The fourth-order valence-corrected chi connectivity index (χ4v) is 3.46. The van der Waals surface area contributed by atoms with Gasteiger partial charge in [0.15, 0.2) is 0 Å². The van der Waals surface area contributed by atoms with Crippen LogP contribution >= 0.6 is 11.8 Å². The zero-order valence-electron chi connectivity index (χ0n) is 14.9. The van der Waals surface area contributed by atoms with Crippen molar-refractivity contribution in [1.82, 2.24) is 14.8 Å². The smallest absolute Gasteiger partial charge is 0.274 e. The predicted octanol–water partition coefficient (Wildman–Crippen LogP) is 3.75. The molecule has 3 aromatic heterocycles. The lowest BCUT2D eigenvalue weighted by molar-refractivity contribution is -0.878. The third-order valence-corrected chi connectivity index (χ3v) is 4.88. The van der Waals surface area contributed by atoms with Gasteiger partial charge in [-0.05, 0) is 17.9 Å². The van der Waals surface area contributed by atoms with Gasteiger partial charge in [0.05, 0.1) is 22.8 Å². The molecule has 5 nitrogen and oxygen atoms in total. The fraction of sp³-hybridized carbons (Fsp3) is 0.353. The van der Waals surface area contributed by atoms with Gasteiger partial charge >= 0.3 is 12.1 Å². The number of aromatic nitrogens is 4. The van der Waals surface area contributed by atoms with Gasteiger partial charge in [-0.15, -0.1) is 11.8 Å². The average molecular weight is 419 g/mol. The molecule has 0 saturated carbocycles. The summed E-state index contributed by atoms with van der Waals surface area (Å²) in [7, 11) is 1.49. The van der Waals surface area contributed by atoms with Crippen LogP contribution in [0.15, 0.2) is 41.7 Å². The van der Waals surface area contributed by atoms with E-state index in [-0.39, 0.29) is 5.52 Å². The molecule has 0 fully saturated rings. The molecule has 0 amide bonds. The van der Waals surface area contributed by atoms with Crippen LogP contribution in [0.25, 0.3) is 22.3 Å². The molecule has 0 saturated heterocycles. The fourth-order valence-electron chi connectivity index (χ4n) is 2.64. The molecule has 28 heavy (non-hydrogen) atoms. The molecular formula is C17H16F5N4OS+. The van der Waals surface area contributed by atoms with Gasteiger partial charge in [-0.25, -0.2) is 4.98 Å². The Morgan fingerprint density at radius 1 is 1.21 bits per heavy atom. The van der Waals surface area contributed by atoms with Crippen LogP contribution in [-0.4, -0.2) is 39.7 Å². The molecule has 0 spiro atoms. The van der Waals surface area contributed by atoms with Crippen LogP contribution in [0, 0.1) is 0 Å². The normalized spacial score (nSPS) is 12.5. The second kappa shape index (κ2) is 7.53. The van der Waals surface area contributed by atoms with Crippen LogP contribution in [0.2, 0.25) is 0 Å². The van der Waals surface area contributed by atoms with E-state index in [0.29, 0.717) is 21.5 Å². The maximum atomic E-state index is 13.4. The van der Waals surface area contributed by atoms with E-state index in [0.717, 1.165) is 10.6 Å². The lowest BCUT2D eigenvalue weighted by Crippen LogP contribution is -2.42. The van der Waals surface area contributed by atoms with E-state index in [4.69, 9.17) is 4.84 Å². The molecule has 3 heterocycles. The van der Waals surface area contributed by atoms with Crippen molar-refractivity contribution >= 4 is 22.7 Å². The quantitative estimate of drug-likeness (QED) is 0.347. The Morgan fingerprint density at radius 2 is 1.96 bits per heavy atom. The maximum absolute atomic E-state index is 13.4. The highest BCUT2D eigenvalue weighted by Gasteiger charge is 2.57. The molecule has 0 atom stereocenters. The Bertz CT molecular complexity index is 989. The summed E-state index contributed by atoms with van der Waals surface area (Å²) in [5.74, 6) is -4.10. The molecule has 3 rings (SSSR count). The minimum atomic E-state index is -5.65. The number of hydrogen-bond acceptors (Lipinski definition) is 4. The third kappa shape index (κ3) is 3.75. The second-order valence-electron chi connectivity index (χ2n) is 5.80. The molecule has 0 unspecified atom stereocenters. The van der Waals surface area contributed by atoms with Gasteiger partial charge in [0.1, 0.15) is 19.3 Å². The largest absolute Gasteiger partial charge is 0.455 e. The summed E-state index contributed by atoms with van der Waals surface area (Å²) >= 11 is 1.56. The van der Waals surface area contributed by atoms with Crippen molar-refractivity contribution in [2.24, 2.45) is 0 Å². The molecule has 0 aliphatic carbocycles. The van der Waals surface area contributed by atoms with Gasteiger partial charge in [-0.2, -0.15) is 27.1 Å². The average Bonchev–Trinajstić information content (AvgIpc) is 3.02. The Labute approximate surface area is 161 Å². The first kappa shape index (κ1) is 20.3. The van der Waals surface area contributed by atoms with Crippen LogP contribution in [0.4, 0.5) is 22.0 Å². The maximum Gasteiger partial charge on any atom is 0.455 e. The molecule has 0 radical (unpaired) electrons. The Hall–Kier alpha value is -2.43. The Balaban J connectivity index is 2.05. The number of nitrogens with zero attached hydrogens (tertiary/aromatic N) is 4. The van der Waals surface area contributed by atoms with Gasteiger partial charge < -0.3 is 0 Å². The molecule has 0 aliphatic heterocycles. The van der Waals surface area contributed by atoms with Crippen LogP contribution in [0.3, 0.4) is 0 Å². The van der Waals surface area contributed by atoms with E-state index in [9.17, 15) is 22.0 Å². The molecule has 150 valence electrons. The monoisotopic (exact) mass is 419 g/mol. The van der Waals surface area contributed by atoms with E-state index < -0.39 is 18.6 Å². The second-order valence-corrected chi connectivity index (χ2v) is 7.10. The minimum absolute atomic E-state index is 0.0808. The first-order valence-electron chi connectivity index (χ1n) is 8.16. The summed E-state index contributed by atoms with van der Waals surface area (Å²) in [4.78, 5) is 10.5. The topological polar surface area (TPSA) is 43.8 Å². The van der Waals surface area contributed by atoms with Gasteiger partial charge in [0, 0.05) is 16.2 Å². The van der Waals surface area contributed by atoms with Crippen molar-refractivity contribution in [3.8, 4) is 11.4 Å². The number of fused-ring (bicyclic) bond motifs is 1. The molecule has 0 aliphatic rings. The summed E-state index contributed by atoms with van der Waals surface area (Å²) in [5, 5.41) is 4.07. The summed E-state index contributed by atoms with van der Waals surface area (Å²) < 4.78 is 66.3. The first-order valence-corrected chi connectivity index (χ1v) is 9.15. The predicted molar refractivity (Wildman–Crippen MR) is 93.1 cm³/mol. The highest BCUT2D eigenvalue weighted by molar-refractivity contribution is 7.99. The zero-order chi connectivity index (χ0) is 20.5. The molecule has 0 bridgehead atoms. The minimum Gasteiger partial charge on any atom is -0.274 e. The van der Waals surface area contributed by atoms with E-state index in [1.165, 1.54) is 24.2 Å². The molecule has 0 aromatic carbocycles. The van der Waals surface area contributed by atoms with Crippen molar-refractivity contribution in [3.63, 3.8) is 0 Å². The van der Waals surface area contributed by atoms with E-state index in [1.54, 1.807) is 30.1 Å². The van der Waals surface area contributed by atoms with Crippen LogP contribution in [0.5, 0.6) is 0 Å². The van der Waals surface area contributed by atoms with Crippen LogP contribution < -0.4 is 9.57 Å². The first-order chi connectivity index (χ1) is 13.2. The van der Waals surface area contributed by atoms with Gasteiger partial charge in [0.2, 0.25) is 6.20 Å².